The number of imide groups is 1. The number of amides is 2. The molecule has 0 atom stereocenters. The molecule has 0 unspecified atom stereocenters. The van der Waals surface area contributed by atoms with Crippen molar-refractivity contribution >= 4 is 38.9 Å². The number of thiophene rings is 1. The van der Waals surface area contributed by atoms with Crippen molar-refractivity contribution < 1.29 is 22.4 Å². The molecule has 2 amide bonds. The highest BCUT2D eigenvalue weighted by Gasteiger charge is 2.36. The zero-order chi connectivity index (χ0) is 20.8. The Morgan fingerprint density at radius 3 is 2.66 bits per heavy atom. The van der Waals surface area contributed by atoms with E-state index in [9.17, 15) is 22.4 Å². The average molecular weight is 431 g/mol. The van der Waals surface area contributed by atoms with Crippen LogP contribution in [0.2, 0.25) is 0 Å². The first kappa shape index (κ1) is 19.2. The van der Waals surface area contributed by atoms with Gasteiger partial charge in [-0.05, 0) is 48.9 Å². The van der Waals surface area contributed by atoms with E-state index in [1.165, 1.54) is 36.5 Å². The number of nitrogens with zero attached hydrogens (tertiary/aromatic N) is 2. The molecular weight excluding hydrogens is 417 g/mol. The minimum Gasteiger partial charge on any atom is -0.279 e. The van der Waals surface area contributed by atoms with Gasteiger partial charge < -0.3 is 0 Å². The number of anilines is 1. The van der Waals surface area contributed by atoms with E-state index in [0.717, 1.165) is 22.3 Å². The summed E-state index contributed by atoms with van der Waals surface area (Å²) in [5.41, 5.74) is 0.825. The fraction of sp³-hybridized carbons (Fsp3) is 0.105. The summed E-state index contributed by atoms with van der Waals surface area (Å²) >= 11 is 0.925. The molecule has 1 aliphatic heterocycles. The third-order valence-corrected chi connectivity index (χ3v) is 7.31. The Kier molecular flexibility index (Phi) is 4.67. The molecule has 1 N–H and O–H groups in total. The summed E-state index contributed by atoms with van der Waals surface area (Å²) in [4.78, 5) is 30.3. The van der Waals surface area contributed by atoms with Crippen LogP contribution in [0.25, 0.3) is 0 Å². The number of benzene rings is 1. The fourth-order valence-electron chi connectivity index (χ4n) is 2.86. The molecule has 0 spiro atoms. The predicted octanol–water partition coefficient (Wildman–Crippen LogP) is 3.19. The van der Waals surface area contributed by atoms with E-state index in [1.54, 1.807) is 13.0 Å². The Bertz CT molecular complexity index is 1220. The van der Waals surface area contributed by atoms with Crippen LogP contribution in [0.3, 0.4) is 0 Å². The van der Waals surface area contributed by atoms with Crippen molar-refractivity contribution in [2.45, 2.75) is 17.7 Å². The Morgan fingerprint density at radius 2 is 1.93 bits per heavy atom. The highest BCUT2D eigenvalue weighted by atomic mass is 32.2. The fourth-order valence-corrected chi connectivity index (χ4v) is 5.26. The van der Waals surface area contributed by atoms with Crippen molar-refractivity contribution in [1.82, 2.24) is 9.88 Å². The van der Waals surface area contributed by atoms with Gasteiger partial charge in [0.15, 0.2) is 0 Å². The molecule has 0 saturated carbocycles. The number of nitrogens with one attached hydrogen (secondary N) is 1. The molecule has 7 nitrogen and oxygen atoms in total. The molecule has 0 aliphatic carbocycles. The molecule has 0 radical (unpaired) electrons. The summed E-state index contributed by atoms with van der Waals surface area (Å²) in [6.07, 6.45) is 1.43. The third-order valence-electron chi connectivity index (χ3n) is 4.37. The lowest BCUT2D eigenvalue weighted by Crippen LogP contribution is -2.28. The van der Waals surface area contributed by atoms with Crippen LogP contribution < -0.4 is 4.72 Å². The van der Waals surface area contributed by atoms with E-state index in [0.29, 0.717) is 10.4 Å². The first-order chi connectivity index (χ1) is 13.8. The van der Waals surface area contributed by atoms with Crippen LogP contribution in [-0.2, 0) is 16.6 Å². The van der Waals surface area contributed by atoms with Gasteiger partial charge in [-0.3, -0.25) is 24.2 Å². The van der Waals surface area contributed by atoms with Gasteiger partial charge in [0.1, 0.15) is 15.7 Å². The van der Waals surface area contributed by atoms with Crippen molar-refractivity contribution in [3.63, 3.8) is 0 Å². The molecular formula is C19H14FN3O4S2. The van der Waals surface area contributed by atoms with E-state index in [1.807, 2.05) is 0 Å². The van der Waals surface area contributed by atoms with Crippen molar-refractivity contribution in [3.8, 4) is 0 Å². The van der Waals surface area contributed by atoms with Crippen LogP contribution in [-0.4, -0.2) is 30.1 Å². The van der Waals surface area contributed by atoms with Gasteiger partial charge in [-0.15, -0.1) is 11.3 Å². The molecule has 10 heteroatoms. The van der Waals surface area contributed by atoms with Crippen LogP contribution in [0.1, 0.15) is 31.3 Å². The lowest BCUT2D eigenvalue weighted by atomic mass is 10.2. The minimum absolute atomic E-state index is 0.0109. The summed E-state index contributed by atoms with van der Waals surface area (Å²) in [6, 6.07) is 10.1. The monoisotopic (exact) mass is 431 g/mol. The predicted molar refractivity (Wildman–Crippen MR) is 105 cm³/mol. The molecule has 1 aromatic carbocycles. The molecule has 1 aliphatic rings. The normalized spacial score (nSPS) is 13.7. The molecule has 0 fully saturated rings. The van der Waals surface area contributed by atoms with Gasteiger partial charge in [-0.25, -0.2) is 12.8 Å². The number of hydrogen-bond acceptors (Lipinski definition) is 6. The van der Waals surface area contributed by atoms with Gasteiger partial charge in [0.2, 0.25) is 0 Å². The maximum absolute atomic E-state index is 13.7. The number of aromatic nitrogens is 1. The van der Waals surface area contributed by atoms with Gasteiger partial charge in [0.25, 0.3) is 21.8 Å². The summed E-state index contributed by atoms with van der Waals surface area (Å²) in [6.45, 7) is 1.52. The maximum atomic E-state index is 13.7. The first-order valence-corrected chi connectivity index (χ1v) is 10.7. The van der Waals surface area contributed by atoms with Crippen molar-refractivity contribution in [1.29, 1.82) is 0 Å². The number of halogens is 1. The summed E-state index contributed by atoms with van der Waals surface area (Å²) in [5.74, 6) is -1.50. The van der Waals surface area contributed by atoms with Gasteiger partial charge in [0, 0.05) is 11.1 Å². The Morgan fingerprint density at radius 1 is 1.14 bits per heavy atom. The van der Waals surface area contributed by atoms with Crippen molar-refractivity contribution in [2.24, 2.45) is 0 Å². The van der Waals surface area contributed by atoms with E-state index in [4.69, 9.17) is 0 Å². The second kappa shape index (κ2) is 7.05. The Hall–Kier alpha value is -3.11. The number of sulfonamides is 1. The molecule has 0 bridgehead atoms. The van der Waals surface area contributed by atoms with Gasteiger partial charge in [0.05, 0.1) is 17.8 Å². The zero-order valence-corrected chi connectivity index (χ0v) is 16.7. The topological polar surface area (TPSA) is 96.4 Å². The van der Waals surface area contributed by atoms with Gasteiger partial charge >= 0.3 is 0 Å². The van der Waals surface area contributed by atoms with Crippen LogP contribution in [0.4, 0.5) is 10.1 Å². The molecule has 4 rings (SSSR count). The Labute approximate surface area is 169 Å². The second-order valence-electron chi connectivity index (χ2n) is 6.39. The smallest absolute Gasteiger partial charge is 0.279 e. The maximum Gasteiger partial charge on any atom is 0.280 e. The number of rotatable bonds is 5. The lowest BCUT2D eigenvalue weighted by Gasteiger charge is -2.11. The number of hydrogen-bond donors (Lipinski definition) is 1. The molecule has 2 aromatic heterocycles. The first-order valence-electron chi connectivity index (χ1n) is 8.45. The van der Waals surface area contributed by atoms with Gasteiger partial charge in [-0.2, -0.15) is 0 Å². The molecule has 29 heavy (non-hydrogen) atoms. The average Bonchev–Trinajstić information content (AvgIpc) is 3.25. The van der Waals surface area contributed by atoms with E-state index >= 15 is 0 Å². The minimum atomic E-state index is -3.94. The second-order valence-corrected chi connectivity index (χ2v) is 9.46. The number of pyridine rings is 1. The molecule has 3 aromatic rings. The number of carbonyl (C=O) groups excluding carboxylic acids is 2. The van der Waals surface area contributed by atoms with E-state index in [2.05, 4.69) is 9.71 Å². The lowest BCUT2D eigenvalue weighted by molar-refractivity contribution is 0.0642. The molecule has 3 heterocycles. The summed E-state index contributed by atoms with van der Waals surface area (Å²) < 4.78 is 41.1. The molecule has 148 valence electrons. The van der Waals surface area contributed by atoms with E-state index in [-0.39, 0.29) is 27.7 Å². The summed E-state index contributed by atoms with van der Waals surface area (Å²) in [7, 11) is -3.94. The Balaban J connectivity index is 1.53. The van der Waals surface area contributed by atoms with Crippen LogP contribution in [0.5, 0.6) is 0 Å². The standard InChI is InChI=1S/C19H14FN3O4S2/c1-11-4-5-12(9-15(11)20)22-29(26,27)16-7-6-13(28-16)10-23-18(24)14-3-2-8-21-17(14)19(23)25/h2-9,22H,10H2,1H3. The molecule has 0 saturated heterocycles. The van der Waals surface area contributed by atoms with Crippen molar-refractivity contribution in [3.05, 3.63) is 76.2 Å². The number of aryl methyl sites for hydroxylation is 1. The van der Waals surface area contributed by atoms with Crippen molar-refractivity contribution in [2.75, 3.05) is 4.72 Å². The SMILES string of the molecule is Cc1ccc(NS(=O)(=O)c2ccc(CN3C(=O)c4cccnc4C3=O)s2)cc1F. The highest BCUT2D eigenvalue weighted by molar-refractivity contribution is 7.94. The van der Waals surface area contributed by atoms with E-state index < -0.39 is 27.7 Å². The summed E-state index contributed by atoms with van der Waals surface area (Å²) in [5, 5.41) is 0. The van der Waals surface area contributed by atoms with Crippen LogP contribution in [0.15, 0.2) is 52.9 Å². The van der Waals surface area contributed by atoms with Crippen LogP contribution in [0, 0.1) is 12.7 Å². The number of carbonyl (C=O) groups is 2. The number of fused-ring (bicyclic) bond motifs is 1. The van der Waals surface area contributed by atoms with Gasteiger partial charge in [-0.1, -0.05) is 6.07 Å². The highest BCUT2D eigenvalue weighted by Crippen LogP contribution is 2.28. The third kappa shape index (κ3) is 3.52. The zero-order valence-electron chi connectivity index (χ0n) is 15.0. The largest absolute Gasteiger partial charge is 0.280 e. The quantitative estimate of drug-likeness (QED) is 0.626. The van der Waals surface area contributed by atoms with Crippen LogP contribution >= 0.6 is 11.3 Å².